The Labute approximate surface area is 264 Å². The van der Waals surface area contributed by atoms with Gasteiger partial charge in [-0.2, -0.15) is 43.2 Å². The average Bonchev–Trinajstić information content (AvgIpc) is 2.97. The maximum atomic E-state index is 13.5. The molecule has 0 N–H and O–H groups in total. The molecule has 0 amide bonds. The van der Waals surface area contributed by atoms with Gasteiger partial charge in [-0.3, -0.25) is 8.57 Å². The fourth-order valence-electron chi connectivity index (χ4n) is 3.78. The number of oxime groups is 2. The molecule has 17 heteroatoms. The standard InChI is InChI=1S/C29H36F6N2O7S2/c1-3-5-20-45(38,39)43-36-26(28(30,31)32)23-13-11-22(12-14-23)10-8-7-9-19-42-25-17-15-24(16-18-25)27(29(33,34)35)37-44-46(40,41)21-6-4-2/h11-18H,3-10,19-21H2,1-2H3/b36-26-,37-27-. The van der Waals surface area contributed by atoms with Gasteiger partial charge >= 0.3 is 32.6 Å². The molecule has 0 heterocycles. The molecule has 0 radical (unpaired) electrons. The van der Waals surface area contributed by atoms with Crippen molar-refractivity contribution in [3.05, 3.63) is 65.2 Å². The lowest BCUT2D eigenvalue weighted by Gasteiger charge is -2.12. The Bertz CT molecular complexity index is 1390. The first-order valence-electron chi connectivity index (χ1n) is 14.4. The molecule has 0 spiro atoms. The first-order chi connectivity index (χ1) is 21.5. The molecule has 0 saturated carbocycles. The molecule has 2 aromatic carbocycles. The summed E-state index contributed by atoms with van der Waals surface area (Å²) in [6, 6.07) is 10.1. The van der Waals surface area contributed by atoms with Crippen LogP contribution in [0.15, 0.2) is 58.8 Å². The van der Waals surface area contributed by atoms with Crippen LogP contribution in [0.25, 0.3) is 0 Å². The average molecular weight is 703 g/mol. The van der Waals surface area contributed by atoms with Crippen LogP contribution in [0.3, 0.4) is 0 Å². The summed E-state index contributed by atoms with van der Waals surface area (Å²) in [7, 11) is -8.49. The van der Waals surface area contributed by atoms with Crippen LogP contribution in [0.5, 0.6) is 5.75 Å². The zero-order chi connectivity index (χ0) is 34.4. The van der Waals surface area contributed by atoms with E-state index in [0.717, 1.165) is 17.7 Å². The van der Waals surface area contributed by atoms with Crippen molar-refractivity contribution in [2.75, 3.05) is 18.1 Å². The summed E-state index contributed by atoms with van der Waals surface area (Å²) in [5.74, 6) is -0.626. The molecular formula is C29H36F6N2O7S2. The number of nitrogens with zero attached hydrogens (tertiary/aromatic N) is 2. The highest BCUT2D eigenvalue weighted by Gasteiger charge is 2.39. The number of rotatable bonds is 19. The van der Waals surface area contributed by atoms with E-state index in [1.807, 2.05) is 0 Å². The Balaban J connectivity index is 1.87. The van der Waals surface area contributed by atoms with Crippen molar-refractivity contribution in [3.63, 3.8) is 0 Å². The molecule has 0 aliphatic rings. The van der Waals surface area contributed by atoms with E-state index in [1.165, 1.54) is 36.4 Å². The monoisotopic (exact) mass is 702 g/mol. The zero-order valence-electron chi connectivity index (χ0n) is 25.2. The van der Waals surface area contributed by atoms with Crippen LogP contribution in [-0.4, -0.2) is 58.7 Å². The van der Waals surface area contributed by atoms with E-state index in [2.05, 4.69) is 18.9 Å². The summed E-state index contributed by atoms with van der Waals surface area (Å²) in [5, 5.41) is 5.77. The minimum Gasteiger partial charge on any atom is -0.494 e. The molecule has 0 saturated heterocycles. The van der Waals surface area contributed by atoms with Gasteiger partial charge in [0.25, 0.3) is 0 Å². The highest BCUT2D eigenvalue weighted by Crippen LogP contribution is 2.26. The molecular weight excluding hydrogens is 666 g/mol. The third-order valence-corrected chi connectivity index (χ3v) is 8.43. The van der Waals surface area contributed by atoms with Crippen LogP contribution < -0.4 is 4.74 Å². The Kier molecular flexibility index (Phi) is 14.8. The molecule has 0 aromatic heterocycles. The van der Waals surface area contributed by atoms with Crippen LogP contribution in [0.4, 0.5) is 26.3 Å². The van der Waals surface area contributed by atoms with E-state index in [4.69, 9.17) is 4.74 Å². The SMILES string of the molecule is CCCCS(=O)(=O)O/N=C(/c1ccc(CCCCCOc2ccc(/C(=N/OS(=O)(=O)CCCC)C(F)(F)F)cc2)cc1)C(F)(F)F. The van der Waals surface area contributed by atoms with Crippen molar-refractivity contribution in [1.82, 2.24) is 0 Å². The van der Waals surface area contributed by atoms with Crippen molar-refractivity contribution < 1.29 is 56.5 Å². The van der Waals surface area contributed by atoms with Gasteiger partial charge < -0.3 is 4.74 Å². The van der Waals surface area contributed by atoms with Crippen LogP contribution >= 0.6 is 0 Å². The minimum atomic E-state index is -4.97. The lowest BCUT2D eigenvalue weighted by molar-refractivity contribution is -0.0606. The van der Waals surface area contributed by atoms with Gasteiger partial charge in [0.05, 0.1) is 18.1 Å². The number of ether oxygens (including phenoxy) is 1. The van der Waals surface area contributed by atoms with Gasteiger partial charge in [-0.05, 0) is 68.4 Å². The van der Waals surface area contributed by atoms with Gasteiger partial charge in [-0.15, -0.1) is 0 Å². The Morgan fingerprint density at radius 1 is 0.630 bits per heavy atom. The largest absolute Gasteiger partial charge is 0.494 e. The molecule has 2 rings (SSSR count). The normalized spacial score (nSPS) is 13.5. The van der Waals surface area contributed by atoms with Crippen LogP contribution in [0, 0.1) is 0 Å². The molecule has 2 aromatic rings. The predicted octanol–water partition coefficient (Wildman–Crippen LogP) is 7.30. The highest BCUT2D eigenvalue weighted by molar-refractivity contribution is 7.86. The quantitative estimate of drug-likeness (QED) is 0.0652. The van der Waals surface area contributed by atoms with Crippen molar-refractivity contribution in [1.29, 1.82) is 0 Å². The van der Waals surface area contributed by atoms with E-state index in [9.17, 15) is 43.2 Å². The second-order valence-electron chi connectivity index (χ2n) is 10.1. The van der Waals surface area contributed by atoms with E-state index in [0.29, 0.717) is 38.5 Å². The summed E-state index contributed by atoms with van der Waals surface area (Å²) in [4.78, 5) is 0. The molecule has 0 unspecified atom stereocenters. The predicted molar refractivity (Wildman–Crippen MR) is 161 cm³/mol. The van der Waals surface area contributed by atoms with E-state index in [1.54, 1.807) is 13.8 Å². The summed E-state index contributed by atoms with van der Waals surface area (Å²) in [6.45, 7) is 3.68. The second kappa shape index (κ2) is 17.5. The van der Waals surface area contributed by atoms with Crippen molar-refractivity contribution >= 4 is 31.7 Å². The molecule has 46 heavy (non-hydrogen) atoms. The van der Waals surface area contributed by atoms with E-state index in [-0.39, 0.29) is 30.8 Å². The molecule has 9 nitrogen and oxygen atoms in total. The highest BCUT2D eigenvalue weighted by atomic mass is 32.2. The first-order valence-corrected chi connectivity index (χ1v) is 17.6. The maximum absolute atomic E-state index is 13.5. The molecule has 0 fully saturated rings. The Morgan fingerprint density at radius 2 is 1.07 bits per heavy atom. The van der Waals surface area contributed by atoms with Crippen LogP contribution in [-0.2, 0) is 35.2 Å². The summed E-state index contributed by atoms with van der Waals surface area (Å²) in [6.07, 6.45) is -6.01. The van der Waals surface area contributed by atoms with Gasteiger partial charge in [0.15, 0.2) is 11.4 Å². The molecule has 258 valence electrons. The molecule has 0 aliphatic heterocycles. The number of benzene rings is 2. The third kappa shape index (κ3) is 14.0. The second-order valence-corrected chi connectivity index (χ2v) is 13.5. The topological polar surface area (TPSA) is 121 Å². The van der Waals surface area contributed by atoms with Crippen molar-refractivity contribution in [2.24, 2.45) is 10.3 Å². The van der Waals surface area contributed by atoms with Gasteiger partial charge in [0, 0.05) is 11.1 Å². The fourth-order valence-corrected chi connectivity index (χ4v) is 5.59. The minimum absolute atomic E-state index is 0.215. The van der Waals surface area contributed by atoms with Gasteiger partial charge in [-0.1, -0.05) is 61.3 Å². The van der Waals surface area contributed by atoms with Gasteiger partial charge in [-0.25, -0.2) is 0 Å². The Morgan fingerprint density at radius 3 is 1.48 bits per heavy atom. The zero-order valence-corrected chi connectivity index (χ0v) is 26.9. The van der Waals surface area contributed by atoms with Crippen molar-refractivity contribution in [3.8, 4) is 5.75 Å². The first kappa shape index (κ1) is 38.8. The van der Waals surface area contributed by atoms with Crippen LogP contribution in [0.1, 0.15) is 75.5 Å². The molecule has 0 atom stereocenters. The molecule has 0 bridgehead atoms. The number of alkyl halides is 6. The van der Waals surface area contributed by atoms with E-state index < -0.39 is 61.1 Å². The fraction of sp³-hybridized carbons (Fsp3) is 0.517. The Hall–Kier alpha value is -3.34. The lowest BCUT2D eigenvalue weighted by Crippen LogP contribution is -2.25. The van der Waals surface area contributed by atoms with Crippen molar-refractivity contribution in [2.45, 2.75) is 77.6 Å². The number of unbranched alkanes of at least 4 members (excludes halogenated alkanes) is 4. The van der Waals surface area contributed by atoms with E-state index >= 15 is 0 Å². The number of halogens is 6. The number of hydrogen-bond acceptors (Lipinski definition) is 9. The summed E-state index contributed by atoms with van der Waals surface area (Å²) in [5.41, 5.74) is -2.98. The summed E-state index contributed by atoms with van der Waals surface area (Å²) < 4.78 is 142. The number of hydrogen-bond donors (Lipinski definition) is 0. The van der Waals surface area contributed by atoms with Gasteiger partial charge in [0.1, 0.15) is 5.75 Å². The maximum Gasteiger partial charge on any atom is 0.437 e. The third-order valence-electron chi connectivity index (χ3n) is 6.25. The number of aryl methyl sites for hydroxylation is 1. The smallest absolute Gasteiger partial charge is 0.437 e. The lowest BCUT2D eigenvalue weighted by atomic mass is 10.0. The summed E-state index contributed by atoms with van der Waals surface area (Å²) >= 11 is 0. The van der Waals surface area contributed by atoms with Crippen LogP contribution in [0.2, 0.25) is 0 Å². The van der Waals surface area contributed by atoms with Gasteiger partial charge in [0.2, 0.25) is 0 Å². The molecule has 0 aliphatic carbocycles.